The quantitative estimate of drug-likeness (QED) is 0.627. The first-order valence-electron chi connectivity index (χ1n) is 8.36. The minimum Gasteiger partial charge on any atom is -0.452 e. The van der Waals surface area contributed by atoms with Crippen molar-refractivity contribution < 1.29 is 19.1 Å². The van der Waals surface area contributed by atoms with E-state index in [-0.39, 0.29) is 12.1 Å². The van der Waals surface area contributed by atoms with Crippen LogP contribution < -0.4 is 10.6 Å². The second kappa shape index (κ2) is 9.08. The van der Waals surface area contributed by atoms with Gasteiger partial charge in [-0.3, -0.25) is 10.1 Å². The van der Waals surface area contributed by atoms with Crippen molar-refractivity contribution in [2.24, 2.45) is 0 Å². The second-order valence-electron chi connectivity index (χ2n) is 5.65. The summed E-state index contributed by atoms with van der Waals surface area (Å²) in [5.41, 5.74) is 1.07. The van der Waals surface area contributed by atoms with E-state index in [1.54, 1.807) is 24.5 Å². The molecule has 2 heterocycles. The smallest absolute Gasteiger partial charge is 0.340 e. The maximum atomic E-state index is 12.0. The zero-order valence-electron chi connectivity index (χ0n) is 14.7. The molecule has 3 aromatic rings. The van der Waals surface area contributed by atoms with Gasteiger partial charge >= 0.3 is 12.0 Å². The summed E-state index contributed by atoms with van der Waals surface area (Å²) in [7, 11) is 0. The number of hydrogen-bond acceptors (Lipinski definition) is 6. The van der Waals surface area contributed by atoms with Gasteiger partial charge in [-0.2, -0.15) is 5.10 Å². The van der Waals surface area contributed by atoms with Crippen molar-refractivity contribution in [1.82, 2.24) is 25.4 Å². The second-order valence-corrected chi connectivity index (χ2v) is 5.65. The molecule has 3 rings (SSSR count). The summed E-state index contributed by atoms with van der Waals surface area (Å²) in [4.78, 5) is 39.5. The molecule has 9 nitrogen and oxygen atoms in total. The molecule has 9 heteroatoms. The van der Waals surface area contributed by atoms with E-state index in [0.717, 1.165) is 5.56 Å². The molecule has 0 spiro atoms. The molecule has 0 saturated heterocycles. The summed E-state index contributed by atoms with van der Waals surface area (Å²) < 4.78 is 6.43. The van der Waals surface area contributed by atoms with Gasteiger partial charge in [0.15, 0.2) is 12.4 Å². The number of amides is 3. The van der Waals surface area contributed by atoms with Gasteiger partial charge in [-0.25, -0.2) is 19.3 Å². The number of hydrogen-bond donors (Lipinski definition) is 2. The fourth-order valence-electron chi connectivity index (χ4n) is 2.25. The minimum absolute atomic E-state index is 0.178. The van der Waals surface area contributed by atoms with Crippen LogP contribution in [0.15, 0.2) is 67.1 Å². The normalized spacial score (nSPS) is 10.1. The highest BCUT2D eigenvalue weighted by Gasteiger charge is 2.13. The van der Waals surface area contributed by atoms with E-state index in [1.165, 1.54) is 16.9 Å². The molecule has 0 unspecified atom stereocenters. The Hall–Kier alpha value is -4.01. The lowest BCUT2D eigenvalue weighted by atomic mass is 10.2. The van der Waals surface area contributed by atoms with Gasteiger partial charge in [0.25, 0.3) is 5.91 Å². The first kappa shape index (κ1) is 18.8. The molecule has 0 saturated carbocycles. The Labute approximate surface area is 160 Å². The van der Waals surface area contributed by atoms with Crippen LogP contribution in [0.5, 0.6) is 0 Å². The number of benzene rings is 1. The monoisotopic (exact) mass is 379 g/mol. The lowest BCUT2D eigenvalue weighted by molar-refractivity contribution is -0.123. The average Bonchev–Trinajstić information content (AvgIpc) is 3.26. The Balaban J connectivity index is 1.42. The molecule has 142 valence electrons. The summed E-state index contributed by atoms with van der Waals surface area (Å²) in [6.07, 6.45) is 4.65. The largest absolute Gasteiger partial charge is 0.452 e. The Morgan fingerprint density at radius 2 is 1.86 bits per heavy atom. The summed E-state index contributed by atoms with van der Waals surface area (Å²) in [5.74, 6) is -0.922. The van der Waals surface area contributed by atoms with E-state index in [9.17, 15) is 14.4 Å². The van der Waals surface area contributed by atoms with E-state index in [0.29, 0.717) is 5.82 Å². The van der Waals surface area contributed by atoms with Gasteiger partial charge in [-0.1, -0.05) is 30.3 Å². The third-order valence-corrected chi connectivity index (χ3v) is 3.61. The number of pyridine rings is 1. The number of carbonyl (C=O) groups excluding carboxylic acids is 3. The van der Waals surface area contributed by atoms with E-state index in [2.05, 4.69) is 20.7 Å². The predicted octanol–water partition coefficient (Wildman–Crippen LogP) is 1.45. The lowest BCUT2D eigenvalue weighted by Crippen LogP contribution is -2.41. The number of imide groups is 1. The first-order valence-corrected chi connectivity index (χ1v) is 8.36. The lowest BCUT2D eigenvalue weighted by Gasteiger charge is -2.08. The number of nitrogens with zero attached hydrogens (tertiary/aromatic N) is 3. The number of urea groups is 1. The molecule has 3 amide bonds. The SMILES string of the molecule is O=C(COC(=O)c1ccc(-n2cccn2)nc1)NC(=O)NCc1ccccc1. The highest BCUT2D eigenvalue weighted by molar-refractivity contribution is 5.96. The summed E-state index contributed by atoms with van der Waals surface area (Å²) in [6.45, 7) is -0.313. The van der Waals surface area contributed by atoms with Crippen molar-refractivity contribution in [3.63, 3.8) is 0 Å². The van der Waals surface area contributed by atoms with E-state index < -0.39 is 24.5 Å². The average molecular weight is 379 g/mol. The number of nitrogens with one attached hydrogen (secondary N) is 2. The van der Waals surface area contributed by atoms with Crippen LogP contribution in [0, 0.1) is 0 Å². The van der Waals surface area contributed by atoms with Gasteiger partial charge in [0.2, 0.25) is 0 Å². The van der Waals surface area contributed by atoms with E-state index >= 15 is 0 Å². The van der Waals surface area contributed by atoms with E-state index in [4.69, 9.17) is 4.74 Å². The third kappa shape index (κ3) is 5.24. The number of aromatic nitrogens is 3. The van der Waals surface area contributed by atoms with Gasteiger partial charge in [0.05, 0.1) is 5.56 Å². The van der Waals surface area contributed by atoms with Gasteiger partial charge < -0.3 is 10.1 Å². The number of ether oxygens (including phenoxy) is 1. The topological polar surface area (TPSA) is 115 Å². The number of rotatable bonds is 6. The molecule has 0 aliphatic carbocycles. The van der Waals surface area contributed by atoms with Gasteiger partial charge in [0.1, 0.15) is 0 Å². The molecule has 0 radical (unpaired) electrons. The van der Waals surface area contributed by atoms with Crippen LogP contribution in [-0.4, -0.2) is 39.3 Å². The van der Waals surface area contributed by atoms with Crippen molar-refractivity contribution in [3.8, 4) is 5.82 Å². The predicted molar refractivity (Wildman–Crippen MR) is 98.5 cm³/mol. The summed E-state index contributed by atoms with van der Waals surface area (Å²) in [6, 6.07) is 13.4. The van der Waals surface area contributed by atoms with Gasteiger partial charge in [-0.15, -0.1) is 0 Å². The van der Waals surface area contributed by atoms with Crippen LogP contribution in [0.4, 0.5) is 4.79 Å². The molecule has 2 aromatic heterocycles. The third-order valence-electron chi connectivity index (χ3n) is 3.61. The van der Waals surface area contributed by atoms with E-state index in [1.807, 2.05) is 30.3 Å². The van der Waals surface area contributed by atoms with Crippen LogP contribution in [0.1, 0.15) is 15.9 Å². The van der Waals surface area contributed by atoms with Gasteiger partial charge in [0, 0.05) is 25.1 Å². The maximum absolute atomic E-state index is 12.0. The van der Waals surface area contributed by atoms with Gasteiger partial charge in [-0.05, 0) is 23.8 Å². The molecule has 0 bridgehead atoms. The van der Waals surface area contributed by atoms with Crippen molar-refractivity contribution >= 4 is 17.9 Å². The Bertz CT molecular complexity index is 940. The molecule has 1 aromatic carbocycles. The molecule has 0 atom stereocenters. The Morgan fingerprint density at radius 1 is 1.04 bits per heavy atom. The van der Waals surface area contributed by atoms with Crippen molar-refractivity contribution in [1.29, 1.82) is 0 Å². The Kier molecular flexibility index (Phi) is 6.09. The minimum atomic E-state index is -0.736. The number of carbonyl (C=O) groups is 3. The molecule has 0 fully saturated rings. The van der Waals surface area contributed by atoms with Crippen LogP contribution >= 0.6 is 0 Å². The zero-order chi connectivity index (χ0) is 19.8. The van der Waals surface area contributed by atoms with Crippen LogP contribution in [0.3, 0.4) is 0 Å². The molecule has 0 aliphatic rings. The van der Waals surface area contributed by atoms with Crippen molar-refractivity contribution in [2.75, 3.05) is 6.61 Å². The van der Waals surface area contributed by atoms with Crippen LogP contribution in [-0.2, 0) is 16.1 Å². The van der Waals surface area contributed by atoms with Crippen LogP contribution in [0.2, 0.25) is 0 Å². The summed E-state index contributed by atoms with van der Waals surface area (Å²) in [5, 5.41) is 8.66. The maximum Gasteiger partial charge on any atom is 0.340 e. The van der Waals surface area contributed by atoms with Crippen LogP contribution in [0.25, 0.3) is 5.82 Å². The zero-order valence-corrected chi connectivity index (χ0v) is 14.7. The summed E-state index contributed by atoms with van der Waals surface area (Å²) >= 11 is 0. The Morgan fingerprint density at radius 3 is 2.54 bits per heavy atom. The molecular formula is C19H17N5O4. The highest BCUT2D eigenvalue weighted by Crippen LogP contribution is 2.06. The first-order chi connectivity index (χ1) is 13.6. The molecule has 2 N–H and O–H groups in total. The molecule has 0 aliphatic heterocycles. The molecular weight excluding hydrogens is 362 g/mol. The number of esters is 1. The van der Waals surface area contributed by atoms with Crippen molar-refractivity contribution in [2.45, 2.75) is 6.54 Å². The standard InChI is InChI=1S/C19H17N5O4/c25-17(23-19(27)21-11-14-5-2-1-3-6-14)13-28-18(26)15-7-8-16(20-12-15)24-10-4-9-22-24/h1-10,12H,11,13H2,(H2,21,23,25,27). The van der Waals surface area contributed by atoms with Crippen molar-refractivity contribution in [3.05, 3.63) is 78.2 Å². The fraction of sp³-hybridized carbons (Fsp3) is 0.105. The highest BCUT2D eigenvalue weighted by atomic mass is 16.5. The molecule has 28 heavy (non-hydrogen) atoms. The fourth-order valence-corrected chi connectivity index (χ4v) is 2.25.